The maximum atomic E-state index is 14.2. The SMILES string of the molecule is Cc1ccc(N(C)c2cccc3c2sc2c(F)cccc23)c(C)c1. The van der Waals surface area contributed by atoms with E-state index in [1.807, 2.05) is 6.07 Å². The van der Waals surface area contributed by atoms with Crippen molar-refractivity contribution < 1.29 is 4.39 Å². The third kappa shape index (κ3) is 2.28. The van der Waals surface area contributed by atoms with Gasteiger partial charge in [0.15, 0.2) is 0 Å². The fourth-order valence-corrected chi connectivity index (χ4v) is 4.60. The van der Waals surface area contributed by atoms with Crippen LogP contribution in [0.4, 0.5) is 15.8 Å². The molecular formula is C21H18FNS. The fourth-order valence-electron chi connectivity index (χ4n) is 3.35. The van der Waals surface area contributed by atoms with Crippen molar-refractivity contribution >= 4 is 42.9 Å². The number of thiophene rings is 1. The first-order chi connectivity index (χ1) is 11.6. The van der Waals surface area contributed by atoms with Crippen molar-refractivity contribution in [3.05, 3.63) is 71.5 Å². The topological polar surface area (TPSA) is 3.24 Å². The highest BCUT2D eigenvalue weighted by Crippen LogP contribution is 2.42. The first kappa shape index (κ1) is 15.2. The lowest BCUT2D eigenvalue weighted by atomic mass is 10.1. The highest BCUT2D eigenvalue weighted by molar-refractivity contribution is 7.26. The molecule has 0 aliphatic rings. The van der Waals surface area contributed by atoms with Gasteiger partial charge in [0.05, 0.1) is 15.1 Å². The van der Waals surface area contributed by atoms with Crippen LogP contribution in [0.1, 0.15) is 11.1 Å². The van der Waals surface area contributed by atoms with Gasteiger partial charge in [-0.2, -0.15) is 0 Å². The van der Waals surface area contributed by atoms with E-state index in [0.717, 1.165) is 25.9 Å². The summed E-state index contributed by atoms with van der Waals surface area (Å²) >= 11 is 1.53. The highest BCUT2D eigenvalue weighted by Gasteiger charge is 2.15. The number of hydrogen-bond acceptors (Lipinski definition) is 2. The van der Waals surface area contributed by atoms with Crippen LogP contribution in [0.3, 0.4) is 0 Å². The van der Waals surface area contributed by atoms with E-state index >= 15 is 0 Å². The molecule has 0 saturated heterocycles. The van der Waals surface area contributed by atoms with Crippen LogP contribution in [0.15, 0.2) is 54.6 Å². The van der Waals surface area contributed by atoms with Crippen LogP contribution in [-0.4, -0.2) is 7.05 Å². The normalized spacial score (nSPS) is 11.3. The number of rotatable bonds is 2. The number of benzene rings is 3. The second-order valence-corrected chi connectivity index (χ2v) is 7.24. The molecule has 1 aromatic heterocycles. The maximum absolute atomic E-state index is 14.2. The lowest BCUT2D eigenvalue weighted by molar-refractivity contribution is 0.642. The van der Waals surface area contributed by atoms with Gasteiger partial charge in [0.25, 0.3) is 0 Å². The van der Waals surface area contributed by atoms with Gasteiger partial charge in [0, 0.05) is 23.5 Å². The van der Waals surface area contributed by atoms with Crippen molar-refractivity contribution in [3.8, 4) is 0 Å². The van der Waals surface area contributed by atoms with Crippen molar-refractivity contribution in [2.45, 2.75) is 13.8 Å². The molecule has 0 unspecified atom stereocenters. The first-order valence-electron chi connectivity index (χ1n) is 7.97. The molecule has 4 rings (SSSR count). The summed E-state index contributed by atoms with van der Waals surface area (Å²) in [4.78, 5) is 2.20. The Labute approximate surface area is 145 Å². The summed E-state index contributed by atoms with van der Waals surface area (Å²) < 4.78 is 16.0. The molecule has 1 heterocycles. The zero-order chi connectivity index (χ0) is 16.8. The fraction of sp³-hybridized carbons (Fsp3) is 0.143. The van der Waals surface area contributed by atoms with E-state index in [-0.39, 0.29) is 5.82 Å². The highest BCUT2D eigenvalue weighted by atomic mass is 32.1. The van der Waals surface area contributed by atoms with Gasteiger partial charge in [-0.25, -0.2) is 4.39 Å². The predicted octanol–water partition coefficient (Wildman–Crippen LogP) is 6.58. The van der Waals surface area contributed by atoms with Gasteiger partial charge in [0.1, 0.15) is 5.82 Å². The van der Waals surface area contributed by atoms with Crippen LogP contribution in [0.25, 0.3) is 20.2 Å². The second kappa shape index (κ2) is 5.60. The van der Waals surface area contributed by atoms with Gasteiger partial charge in [-0.3, -0.25) is 0 Å². The summed E-state index contributed by atoms with van der Waals surface area (Å²) in [6.45, 7) is 4.23. The van der Waals surface area contributed by atoms with Gasteiger partial charge in [0.2, 0.25) is 0 Å². The molecule has 0 bridgehead atoms. The predicted molar refractivity (Wildman–Crippen MR) is 103 cm³/mol. The molecule has 120 valence electrons. The average Bonchev–Trinajstić information content (AvgIpc) is 2.94. The van der Waals surface area contributed by atoms with E-state index in [0.29, 0.717) is 0 Å². The van der Waals surface area contributed by atoms with Crippen molar-refractivity contribution in [1.82, 2.24) is 0 Å². The lowest BCUT2D eigenvalue weighted by Gasteiger charge is -2.22. The van der Waals surface area contributed by atoms with Crippen LogP contribution in [0.2, 0.25) is 0 Å². The molecule has 0 saturated carbocycles. The van der Waals surface area contributed by atoms with Crippen LogP contribution in [0.5, 0.6) is 0 Å². The minimum absolute atomic E-state index is 0.145. The third-order valence-electron chi connectivity index (χ3n) is 4.53. The molecule has 0 aliphatic heterocycles. The molecular weight excluding hydrogens is 317 g/mol. The van der Waals surface area contributed by atoms with Crippen molar-refractivity contribution in [2.75, 3.05) is 11.9 Å². The molecule has 4 aromatic rings. The molecule has 24 heavy (non-hydrogen) atoms. The first-order valence-corrected chi connectivity index (χ1v) is 8.78. The number of halogens is 1. The molecule has 0 atom stereocenters. The Balaban J connectivity index is 1.96. The molecule has 0 N–H and O–H groups in total. The maximum Gasteiger partial charge on any atom is 0.141 e. The van der Waals surface area contributed by atoms with E-state index in [1.54, 1.807) is 6.07 Å². The molecule has 3 aromatic carbocycles. The summed E-state index contributed by atoms with van der Waals surface area (Å²) in [5.41, 5.74) is 4.78. The Morgan fingerprint density at radius 1 is 0.833 bits per heavy atom. The Kier molecular flexibility index (Phi) is 3.54. The minimum atomic E-state index is -0.145. The van der Waals surface area contributed by atoms with E-state index in [4.69, 9.17) is 0 Å². The summed E-state index contributed by atoms with van der Waals surface area (Å²) in [7, 11) is 2.08. The Morgan fingerprint density at radius 3 is 2.29 bits per heavy atom. The lowest BCUT2D eigenvalue weighted by Crippen LogP contribution is -2.10. The number of nitrogens with zero attached hydrogens (tertiary/aromatic N) is 1. The van der Waals surface area contributed by atoms with Crippen LogP contribution in [-0.2, 0) is 0 Å². The smallest absolute Gasteiger partial charge is 0.141 e. The van der Waals surface area contributed by atoms with Gasteiger partial charge in [-0.15, -0.1) is 11.3 Å². The molecule has 1 nitrogen and oxygen atoms in total. The Bertz CT molecular complexity index is 1060. The van der Waals surface area contributed by atoms with Gasteiger partial charge >= 0.3 is 0 Å². The summed E-state index contributed by atoms with van der Waals surface area (Å²) in [5.74, 6) is -0.145. The second-order valence-electron chi connectivity index (χ2n) is 6.22. The zero-order valence-corrected chi connectivity index (χ0v) is 14.7. The Morgan fingerprint density at radius 2 is 1.54 bits per heavy atom. The molecule has 0 fully saturated rings. The quantitative estimate of drug-likeness (QED) is 0.400. The van der Waals surface area contributed by atoms with E-state index < -0.39 is 0 Å². The molecule has 0 spiro atoms. The van der Waals surface area contributed by atoms with Crippen molar-refractivity contribution in [2.24, 2.45) is 0 Å². The average molecular weight is 335 g/mol. The monoisotopic (exact) mass is 335 g/mol. The van der Waals surface area contributed by atoms with Gasteiger partial charge < -0.3 is 4.90 Å². The van der Waals surface area contributed by atoms with Crippen molar-refractivity contribution in [3.63, 3.8) is 0 Å². The van der Waals surface area contributed by atoms with E-state index in [1.165, 1.54) is 34.2 Å². The van der Waals surface area contributed by atoms with Crippen LogP contribution < -0.4 is 4.90 Å². The van der Waals surface area contributed by atoms with Gasteiger partial charge in [-0.05, 0) is 37.6 Å². The number of aryl methyl sites for hydroxylation is 2. The summed E-state index contributed by atoms with van der Waals surface area (Å²) in [6.07, 6.45) is 0. The number of anilines is 2. The standard InChI is InChI=1S/C21H18FNS/c1-13-10-11-18(14(2)12-13)23(3)19-9-5-7-16-15-6-4-8-17(22)20(15)24-21(16)19/h4-12H,1-3H3. The largest absolute Gasteiger partial charge is 0.343 e. The summed E-state index contributed by atoms with van der Waals surface area (Å²) in [6, 6.07) is 18.0. The van der Waals surface area contributed by atoms with Gasteiger partial charge in [-0.1, -0.05) is 42.0 Å². The number of fused-ring (bicyclic) bond motifs is 3. The van der Waals surface area contributed by atoms with Crippen molar-refractivity contribution in [1.29, 1.82) is 0 Å². The number of hydrogen-bond donors (Lipinski definition) is 0. The van der Waals surface area contributed by atoms with Crippen LogP contribution >= 0.6 is 11.3 Å². The molecule has 0 amide bonds. The molecule has 3 heteroatoms. The minimum Gasteiger partial charge on any atom is -0.343 e. The third-order valence-corrected chi connectivity index (χ3v) is 5.78. The zero-order valence-electron chi connectivity index (χ0n) is 13.9. The van der Waals surface area contributed by atoms with E-state index in [9.17, 15) is 4.39 Å². The summed E-state index contributed by atoms with van der Waals surface area (Å²) in [5, 5.41) is 2.11. The van der Waals surface area contributed by atoms with Crippen LogP contribution in [0, 0.1) is 19.7 Å². The molecule has 0 radical (unpaired) electrons. The molecule has 0 aliphatic carbocycles. The Hall–Kier alpha value is -2.39. The van der Waals surface area contributed by atoms with E-state index in [2.05, 4.69) is 62.2 Å².